The van der Waals surface area contributed by atoms with Crippen molar-refractivity contribution >= 4 is 27.7 Å². The lowest BCUT2D eigenvalue weighted by atomic mass is 10.1. The van der Waals surface area contributed by atoms with Crippen LogP contribution in [-0.4, -0.2) is 25.0 Å². The predicted molar refractivity (Wildman–Crippen MR) is 81.4 cm³/mol. The number of hydrogen-bond donors (Lipinski definition) is 0. The Bertz CT molecular complexity index is 608. The van der Waals surface area contributed by atoms with Crippen LogP contribution < -0.4 is 4.74 Å². The van der Waals surface area contributed by atoms with Crippen molar-refractivity contribution in [1.82, 2.24) is 0 Å². The second kappa shape index (κ2) is 7.59. The van der Waals surface area contributed by atoms with E-state index in [1.54, 1.807) is 48.5 Å². The summed E-state index contributed by atoms with van der Waals surface area (Å²) < 4.78 is 11.0. The van der Waals surface area contributed by atoms with Crippen molar-refractivity contribution in [3.05, 3.63) is 64.6 Å². The van der Waals surface area contributed by atoms with Crippen LogP contribution in [0, 0.1) is 0 Å². The Morgan fingerprint density at radius 2 is 1.57 bits per heavy atom. The van der Waals surface area contributed by atoms with E-state index >= 15 is 0 Å². The number of rotatable bonds is 6. The van der Waals surface area contributed by atoms with Crippen molar-refractivity contribution in [2.45, 2.75) is 0 Å². The van der Waals surface area contributed by atoms with Crippen LogP contribution in [0.25, 0.3) is 0 Å². The van der Waals surface area contributed by atoms with E-state index in [0.29, 0.717) is 11.3 Å². The summed E-state index contributed by atoms with van der Waals surface area (Å²) in [5, 5.41) is 0. The van der Waals surface area contributed by atoms with E-state index in [-0.39, 0.29) is 19.0 Å². The van der Waals surface area contributed by atoms with E-state index in [0.717, 1.165) is 4.47 Å². The molecule has 5 heteroatoms. The Hall–Kier alpha value is -2.14. The summed E-state index contributed by atoms with van der Waals surface area (Å²) in [4.78, 5) is 23.3. The number of hydrogen-bond acceptors (Lipinski definition) is 4. The minimum atomic E-state index is -0.579. The zero-order valence-electron chi connectivity index (χ0n) is 11.1. The second-order valence-electron chi connectivity index (χ2n) is 4.19. The highest BCUT2D eigenvalue weighted by molar-refractivity contribution is 9.10. The van der Waals surface area contributed by atoms with Gasteiger partial charge in [-0.05, 0) is 24.3 Å². The summed E-state index contributed by atoms with van der Waals surface area (Å²) in [7, 11) is 0. The fourth-order valence-corrected chi connectivity index (χ4v) is 1.83. The summed E-state index contributed by atoms with van der Waals surface area (Å²) in [6.45, 7) is -0.518. The number of ether oxygens (including phenoxy) is 2. The molecular formula is C16H13BrO4. The third kappa shape index (κ3) is 5.04. The maximum absolute atomic E-state index is 11.8. The number of Topliss-reactive ketones (excluding diaryl/α,β-unsaturated/α-hetero) is 1. The van der Waals surface area contributed by atoms with Gasteiger partial charge in [0.25, 0.3) is 0 Å². The van der Waals surface area contributed by atoms with E-state index in [1.807, 2.05) is 6.07 Å². The van der Waals surface area contributed by atoms with Crippen LogP contribution in [0.15, 0.2) is 59.1 Å². The highest BCUT2D eigenvalue weighted by Gasteiger charge is 2.10. The van der Waals surface area contributed by atoms with Gasteiger partial charge in [0, 0.05) is 10.0 Å². The van der Waals surface area contributed by atoms with Crippen LogP contribution in [0.5, 0.6) is 5.75 Å². The zero-order chi connectivity index (χ0) is 15.1. The lowest BCUT2D eigenvalue weighted by Crippen LogP contribution is -2.19. The van der Waals surface area contributed by atoms with E-state index < -0.39 is 5.97 Å². The molecule has 0 aromatic heterocycles. The molecule has 0 aliphatic rings. The minimum absolute atomic E-state index is 0.225. The molecule has 0 fully saturated rings. The van der Waals surface area contributed by atoms with Crippen molar-refractivity contribution in [3.63, 3.8) is 0 Å². The molecule has 0 aliphatic heterocycles. The molecule has 0 saturated heterocycles. The molecule has 2 aromatic rings. The molecule has 0 bridgehead atoms. The third-order valence-corrected chi connectivity index (χ3v) is 3.16. The average Bonchev–Trinajstić information content (AvgIpc) is 2.52. The Kier molecular flexibility index (Phi) is 5.51. The first kappa shape index (κ1) is 15.3. The van der Waals surface area contributed by atoms with Gasteiger partial charge in [-0.2, -0.15) is 0 Å². The Balaban J connectivity index is 1.76. The summed E-state index contributed by atoms with van der Waals surface area (Å²) in [5.41, 5.74) is 0.495. The molecule has 0 unspecified atom stereocenters. The van der Waals surface area contributed by atoms with Gasteiger partial charge < -0.3 is 9.47 Å². The number of esters is 1. The molecule has 0 spiro atoms. The fraction of sp³-hybridized carbons (Fsp3) is 0.125. The maximum atomic E-state index is 11.8. The molecule has 108 valence electrons. The number of halogens is 1. The van der Waals surface area contributed by atoms with Crippen LogP contribution in [0.4, 0.5) is 0 Å². The smallest absolute Gasteiger partial charge is 0.344 e. The minimum Gasteiger partial charge on any atom is -0.482 e. The standard InChI is InChI=1S/C16H13BrO4/c17-13-8-6-12(7-9-13)15(18)10-21-16(19)11-20-14-4-2-1-3-5-14/h1-9H,10-11H2. The number of carbonyl (C=O) groups excluding carboxylic acids is 2. The Labute approximate surface area is 130 Å². The van der Waals surface area contributed by atoms with Crippen molar-refractivity contribution in [2.24, 2.45) is 0 Å². The lowest BCUT2D eigenvalue weighted by Gasteiger charge is -2.06. The number of para-hydroxylation sites is 1. The molecule has 0 saturated carbocycles. The van der Waals surface area contributed by atoms with E-state index in [1.165, 1.54) is 0 Å². The Morgan fingerprint density at radius 1 is 0.905 bits per heavy atom. The SMILES string of the molecule is O=C(COc1ccccc1)OCC(=O)c1ccc(Br)cc1. The van der Waals surface area contributed by atoms with Crippen molar-refractivity contribution < 1.29 is 19.1 Å². The highest BCUT2D eigenvalue weighted by atomic mass is 79.9. The molecule has 0 amide bonds. The predicted octanol–water partition coefficient (Wildman–Crippen LogP) is 3.25. The molecule has 4 nitrogen and oxygen atoms in total. The largest absolute Gasteiger partial charge is 0.482 e. The Morgan fingerprint density at radius 3 is 2.24 bits per heavy atom. The van der Waals surface area contributed by atoms with E-state index in [4.69, 9.17) is 9.47 Å². The fourth-order valence-electron chi connectivity index (χ4n) is 1.57. The van der Waals surface area contributed by atoms with Crippen molar-refractivity contribution in [3.8, 4) is 5.75 Å². The van der Waals surface area contributed by atoms with Crippen molar-refractivity contribution in [2.75, 3.05) is 13.2 Å². The molecule has 2 rings (SSSR count). The first-order chi connectivity index (χ1) is 10.1. The topological polar surface area (TPSA) is 52.6 Å². The average molecular weight is 349 g/mol. The van der Waals surface area contributed by atoms with Crippen LogP contribution in [-0.2, 0) is 9.53 Å². The highest BCUT2D eigenvalue weighted by Crippen LogP contribution is 2.11. The van der Waals surface area contributed by atoms with Crippen LogP contribution >= 0.6 is 15.9 Å². The molecule has 0 heterocycles. The van der Waals surface area contributed by atoms with Gasteiger partial charge >= 0.3 is 5.97 Å². The van der Waals surface area contributed by atoms with Gasteiger partial charge in [0.1, 0.15) is 5.75 Å². The van der Waals surface area contributed by atoms with Crippen LogP contribution in [0.3, 0.4) is 0 Å². The molecule has 0 radical (unpaired) electrons. The summed E-state index contributed by atoms with van der Waals surface area (Å²) in [6.07, 6.45) is 0. The van der Waals surface area contributed by atoms with Gasteiger partial charge in [0.05, 0.1) is 0 Å². The van der Waals surface area contributed by atoms with Gasteiger partial charge in [-0.1, -0.05) is 46.3 Å². The first-order valence-electron chi connectivity index (χ1n) is 6.27. The van der Waals surface area contributed by atoms with Crippen molar-refractivity contribution in [1.29, 1.82) is 0 Å². The van der Waals surface area contributed by atoms with Gasteiger partial charge in [-0.15, -0.1) is 0 Å². The van der Waals surface area contributed by atoms with Gasteiger partial charge in [-0.25, -0.2) is 4.79 Å². The van der Waals surface area contributed by atoms with Gasteiger partial charge in [-0.3, -0.25) is 4.79 Å². The zero-order valence-corrected chi connectivity index (χ0v) is 12.7. The molecule has 0 aliphatic carbocycles. The second-order valence-corrected chi connectivity index (χ2v) is 5.11. The van der Waals surface area contributed by atoms with E-state index in [9.17, 15) is 9.59 Å². The van der Waals surface area contributed by atoms with E-state index in [2.05, 4.69) is 15.9 Å². The number of ketones is 1. The maximum Gasteiger partial charge on any atom is 0.344 e. The summed E-state index contributed by atoms with van der Waals surface area (Å²) in [5.74, 6) is -0.256. The van der Waals surface area contributed by atoms with Gasteiger partial charge in [0.2, 0.25) is 0 Å². The molecule has 21 heavy (non-hydrogen) atoms. The third-order valence-electron chi connectivity index (χ3n) is 2.63. The quantitative estimate of drug-likeness (QED) is 0.593. The molecule has 0 N–H and O–H groups in total. The summed E-state index contributed by atoms with van der Waals surface area (Å²) >= 11 is 3.29. The normalized spacial score (nSPS) is 9.95. The molecule has 0 atom stereocenters. The molecular weight excluding hydrogens is 336 g/mol. The van der Waals surface area contributed by atoms with Crippen LogP contribution in [0.1, 0.15) is 10.4 Å². The first-order valence-corrected chi connectivity index (χ1v) is 7.06. The monoisotopic (exact) mass is 348 g/mol. The van der Waals surface area contributed by atoms with Crippen LogP contribution in [0.2, 0.25) is 0 Å². The lowest BCUT2D eigenvalue weighted by molar-refractivity contribution is -0.144. The number of benzene rings is 2. The molecule has 2 aromatic carbocycles. The number of carbonyl (C=O) groups is 2. The van der Waals surface area contributed by atoms with Gasteiger partial charge in [0.15, 0.2) is 19.0 Å². The summed E-state index contributed by atoms with van der Waals surface area (Å²) in [6, 6.07) is 15.8.